The third-order valence-electron chi connectivity index (χ3n) is 5.35. The van der Waals surface area contributed by atoms with Gasteiger partial charge in [0.25, 0.3) is 0 Å². The Morgan fingerprint density at radius 2 is 1.52 bits per heavy atom. The number of hydrogen-bond acceptors (Lipinski definition) is 3. The minimum atomic E-state index is -4.41. The van der Waals surface area contributed by atoms with Gasteiger partial charge in [-0.25, -0.2) is 4.68 Å². The SMILES string of the molecule is CC(C)(N=O)c1cc(-c2ccc(-c3cccc(C(F)(F)F)c3)cc2)n(-c2ccccc2Cl)n1. The van der Waals surface area contributed by atoms with Crippen LogP contribution in [-0.4, -0.2) is 9.78 Å². The zero-order valence-electron chi connectivity index (χ0n) is 17.8. The average Bonchev–Trinajstić information content (AvgIpc) is 3.25. The summed E-state index contributed by atoms with van der Waals surface area (Å²) in [5.41, 5.74) is 1.87. The molecule has 8 heteroatoms. The van der Waals surface area contributed by atoms with E-state index in [9.17, 15) is 18.1 Å². The lowest BCUT2D eigenvalue weighted by molar-refractivity contribution is -0.137. The molecule has 0 radical (unpaired) electrons. The molecule has 0 N–H and O–H groups in total. The minimum Gasteiger partial charge on any atom is -0.231 e. The summed E-state index contributed by atoms with van der Waals surface area (Å²) < 4.78 is 40.9. The van der Waals surface area contributed by atoms with Crippen molar-refractivity contribution in [2.75, 3.05) is 0 Å². The Hall–Kier alpha value is -3.45. The quantitative estimate of drug-likeness (QED) is 0.279. The third kappa shape index (κ3) is 4.54. The average molecular weight is 470 g/mol. The second-order valence-corrected chi connectivity index (χ2v) is 8.49. The number of para-hydroxylation sites is 1. The van der Waals surface area contributed by atoms with Crippen LogP contribution in [0.2, 0.25) is 5.02 Å². The maximum Gasteiger partial charge on any atom is 0.416 e. The molecule has 4 rings (SSSR count). The van der Waals surface area contributed by atoms with Crippen LogP contribution >= 0.6 is 11.6 Å². The van der Waals surface area contributed by atoms with E-state index in [0.29, 0.717) is 33.2 Å². The van der Waals surface area contributed by atoms with Gasteiger partial charge in [0.2, 0.25) is 0 Å². The topological polar surface area (TPSA) is 47.2 Å². The summed E-state index contributed by atoms with van der Waals surface area (Å²) in [5.74, 6) is 0. The van der Waals surface area contributed by atoms with E-state index >= 15 is 0 Å². The number of aromatic nitrogens is 2. The largest absolute Gasteiger partial charge is 0.416 e. The van der Waals surface area contributed by atoms with Crippen molar-refractivity contribution < 1.29 is 13.2 Å². The van der Waals surface area contributed by atoms with Crippen LogP contribution < -0.4 is 0 Å². The van der Waals surface area contributed by atoms with Crippen LogP contribution in [0, 0.1) is 4.91 Å². The Bertz CT molecular complexity index is 1310. The molecule has 0 fully saturated rings. The van der Waals surface area contributed by atoms with Crippen molar-refractivity contribution in [3.63, 3.8) is 0 Å². The van der Waals surface area contributed by atoms with Gasteiger partial charge >= 0.3 is 6.18 Å². The van der Waals surface area contributed by atoms with Crippen molar-refractivity contribution in [1.82, 2.24) is 9.78 Å². The van der Waals surface area contributed by atoms with Crippen molar-refractivity contribution >= 4 is 11.6 Å². The Morgan fingerprint density at radius 1 is 0.848 bits per heavy atom. The predicted octanol–water partition coefficient (Wildman–Crippen LogP) is 7.88. The van der Waals surface area contributed by atoms with Crippen LogP contribution in [0.4, 0.5) is 13.2 Å². The second kappa shape index (κ2) is 8.48. The highest BCUT2D eigenvalue weighted by atomic mass is 35.5. The molecule has 0 saturated carbocycles. The summed E-state index contributed by atoms with van der Waals surface area (Å²) in [4.78, 5) is 11.4. The van der Waals surface area contributed by atoms with Gasteiger partial charge in [0, 0.05) is 5.56 Å². The highest BCUT2D eigenvalue weighted by Gasteiger charge is 2.30. The molecule has 0 aliphatic rings. The lowest BCUT2D eigenvalue weighted by Crippen LogP contribution is -2.14. The molecule has 0 spiro atoms. The molecule has 4 aromatic rings. The fourth-order valence-corrected chi connectivity index (χ4v) is 3.66. The first-order valence-electron chi connectivity index (χ1n) is 10.1. The summed E-state index contributed by atoms with van der Waals surface area (Å²) in [6.07, 6.45) is -4.41. The van der Waals surface area contributed by atoms with Crippen LogP contribution in [0.3, 0.4) is 0 Å². The van der Waals surface area contributed by atoms with E-state index in [1.165, 1.54) is 6.07 Å². The molecule has 4 nitrogen and oxygen atoms in total. The standard InChI is InChI=1S/C25H19ClF3N3O/c1-24(2,31-33)23-15-22(32(30-23)21-9-4-3-8-20(21)26)17-12-10-16(11-13-17)18-6-5-7-19(14-18)25(27,28)29/h3-15H,1-2H3. The van der Waals surface area contributed by atoms with Crippen LogP contribution in [0.15, 0.2) is 84.0 Å². The first-order valence-corrected chi connectivity index (χ1v) is 10.5. The molecule has 1 aromatic heterocycles. The van der Waals surface area contributed by atoms with E-state index in [4.69, 9.17) is 11.6 Å². The summed E-state index contributed by atoms with van der Waals surface area (Å²) in [7, 11) is 0. The van der Waals surface area contributed by atoms with Crippen molar-refractivity contribution in [3.05, 3.63) is 100 Å². The van der Waals surface area contributed by atoms with Crippen molar-refractivity contribution in [2.24, 2.45) is 5.18 Å². The van der Waals surface area contributed by atoms with Gasteiger partial charge in [-0.3, -0.25) is 0 Å². The minimum absolute atomic E-state index is 0.461. The molecule has 0 unspecified atom stereocenters. The number of halogens is 4. The summed E-state index contributed by atoms with van der Waals surface area (Å²) in [6, 6.07) is 21.2. The molecule has 0 aliphatic heterocycles. The highest BCUT2D eigenvalue weighted by molar-refractivity contribution is 6.32. The number of alkyl halides is 3. The Balaban J connectivity index is 1.80. The number of rotatable bonds is 5. The van der Waals surface area contributed by atoms with Crippen molar-refractivity contribution in [3.8, 4) is 28.1 Å². The van der Waals surface area contributed by atoms with Gasteiger partial charge < -0.3 is 0 Å². The summed E-state index contributed by atoms with van der Waals surface area (Å²) in [5, 5.41) is 8.26. The molecule has 0 amide bonds. The van der Waals surface area contributed by atoms with Crippen LogP contribution in [0.5, 0.6) is 0 Å². The lowest BCUT2D eigenvalue weighted by Gasteiger charge is -2.12. The molecule has 0 atom stereocenters. The van der Waals surface area contributed by atoms with Gasteiger partial charge in [0.05, 0.1) is 27.7 Å². The van der Waals surface area contributed by atoms with Crippen molar-refractivity contribution in [1.29, 1.82) is 0 Å². The first kappa shape index (κ1) is 22.7. The number of nitrogens with zero attached hydrogens (tertiary/aromatic N) is 3. The first-order chi connectivity index (χ1) is 15.6. The van der Waals surface area contributed by atoms with E-state index in [1.54, 1.807) is 73.1 Å². The summed E-state index contributed by atoms with van der Waals surface area (Å²) in [6.45, 7) is 3.33. The zero-order valence-corrected chi connectivity index (χ0v) is 18.5. The predicted molar refractivity (Wildman–Crippen MR) is 123 cm³/mol. The van der Waals surface area contributed by atoms with Crippen molar-refractivity contribution in [2.45, 2.75) is 25.6 Å². The highest BCUT2D eigenvalue weighted by Crippen LogP contribution is 2.35. The molecular weight excluding hydrogens is 451 g/mol. The fourth-order valence-electron chi connectivity index (χ4n) is 3.45. The molecule has 0 aliphatic carbocycles. The van der Waals surface area contributed by atoms with Crippen LogP contribution in [-0.2, 0) is 11.7 Å². The maximum atomic E-state index is 13.1. The van der Waals surface area contributed by atoms with E-state index in [2.05, 4.69) is 10.3 Å². The molecule has 1 heterocycles. The van der Waals surface area contributed by atoms with Gasteiger partial charge in [-0.1, -0.05) is 65.3 Å². The molecular formula is C25H19ClF3N3O. The number of hydrogen-bond donors (Lipinski definition) is 0. The van der Waals surface area contributed by atoms with Gasteiger partial charge in [-0.15, -0.1) is 4.91 Å². The van der Waals surface area contributed by atoms with E-state index in [1.807, 2.05) is 6.07 Å². The molecule has 0 saturated heterocycles. The molecule has 168 valence electrons. The lowest BCUT2D eigenvalue weighted by atomic mass is 9.99. The second-order valence-electron chi connectivity index (χ2n) is 8.08. The van der Waals surface area contributed by atoms with Gasteiger partial charge in [-0.05, 0) is 55.3 Å². The molecule has 3 aromatic carbocycles. The maximum absolute atomic E-state index is 13.1. The van der Waals surface area contributed by atoms with Gasteiger partial charge in [0.1, 0.15) is 5.54 Å². The molecule has 33 heavy (non-hydrogen) atoms. The van der Waals surface area contributed by atoms with Gasteiger partial charge in [-0.2, -0.15) is 18.3 Å². The summed E-state index contributed by atoms with van der Waals surface area (Å²) >= 11 is 6.39. The molecule has 0 bridgehead atoms. The Labute approximate surface area is 193 Å². The van der Waals surface area contributed by atoms with E-state index in [-0.39, 0.29) is 0 Å². The Kier molecular flexibility index (Phi) is 5.84. The van der Waals surface area contributed by atoms with E-state index in [0.717, 1.165) is 17.7 Å². The smallest absolute Gasteiger partial charge is 0.231 e. The fraction of sp³-hybridized carbons (Fsp3) is 0.160. The van der Waals surface area contributed by atoms with Crippen LogP contribution in [0.1, 0.15) is 25.1 Å². The number of nitroso groups, excluding NO2 is 1. The normalized spacial score (nSPS) is 12.1. The number of benzene rings is 3. The van der Waals surface area contributed by atoms with E-state index < -0.39 is 17.3 Å². The zero-order chi connectivity index (χ0) is 23.8. The van der Waals surface area contributed by atoms with Crippen LogP contribution in [0.25, 0.3) is 28.1 Å². The monoisotopic (exact) mass is 469 g/mol. The third-order valence-corrected chi connectivity index (χ3v) is 5.67. The Morgan fingerprint density at radius 3 is 2.15 bits per heavy atom. The van der Waals surface area contributed by atoms with Gasteiger partial charge in [0.15, 0.2) is 0 Å².